The zero-order valence-corrected chi connectivity index (χ0v) is 7.03. The van der Waals surface area contributed by atoms with Crippen LogP contribution in [0.5, 0.6) is 0 Å². The van der Waals surface area contributed by atoms with Crippen molar-refractivity contribution in [3.8, 4) is 0 Å². The van der Waals surface area contributed by atoms with E-state index in [0.717, 1.165) is 12.8 Å². The smallest absolute Gasteiger partial charge is 0.0754 e. The minimum atomic E-state index is -0.253. The highest BCUT2D eigenvalue weighted by molar-refractivity contribution is 5.01. The van der Waals surface area contributed by atoms with E-state index in [1.807, 2.05) is 12.2 Å². The lowest BCUT2D eigenvalue weighted by Crippen LogP contribution is -2.25. The summed E-state index contributed by atoms with van der Waals surface area (Å²) >= 11 is 0. The maximum atomic E-state index is 9.54. The number of rotatable bonds is 2. The third kappa shape index (κ3) is 1.93. The second-order valence-electron chi connectivity index (χ2n) is 3.25. The Morgan fingerprint density at radius 1 is 1.73 bits per heavy atom. The Kier molecular flexibility index (Phi) is 2.89. The van der Waals surface area contributed by atoms with Gasteiger partial charge in [-0.1, -0.05) is 25.2 Å². The second kappa shape index (κ2) is 3.72. The van der Waals surface area contributed by atoms with E-state index in [4.69, 9.17) is 0 Å². The third-order valence-corrected chi connectivity index (χ3v) is 2.49. The molecular formula is C10H16O. The van der Waals surface area contributed by atoms with Gasteiger partial charge < -0.3 is 5.11 Å². The fourth-order valence-corrected chi connectivity index (χ4v) is 1.59. The molecule has 1 aliphatic carbocycles. The van der Waals surface area contributed by atoms with Gasteiger partial charge in [0.05, 0.1) is 6.10 Å². The molecule has 0 aliphatic heterocycles. The SMILES string of the molecule is C=CC(C)C1CCC=CC1O. The van der Waals surface area contributed by atoms with Crippen LogP contribution in [0.1, 0.15) is 19.8 Å². The molecule has 0 bridgehead atoms. The summed E-state index contributed by atoms with van der Waals surface area (Å²) in [5.41, 5.74) is 0. The summed E-state index contributed by atoms with van der Waals surface area (Å²) in [7, 11) is 0. The van der Waals surface area contributed by atoms with Crippen molar-refractivity contribution < 1.29 is 5.11 Å². The van der Waals surface area contributed by atoms with Crippen LogP contribution in [0.25, 0.3) is 0 Å². The molecule has 1 aliphatic rings. The molecule has 0 amide bonds. The first-order valence-electron chi connectivity index (χ1n) is 4.23. The molecule has 3 atom stereocenters. The van der Waals surface area contributed by atoms with Crippen LogP contribution in [0.3, 0.4) is 0 Å². The van der Waals surface area contributed by atoms with E-state index in [1.165, 1.54) is 0 Å². The topological polar surface area (TPSA) is 20.2 Å². The van der Waals surface area contributed by atoms with E-state index in [2.05, 4.69) is 19.6 Å². The molecule has 0 saturated heterocycles. The molecule has 3 unspecified atom stereocenters. The Balaban J connectivity index is 2.57. The van der Waals surface area contributed by atoms with Crippen molar-refractivity contribution in [2.24, 2.45) is 11.8 Å². The minimum absolute atomic E-state index is 0.253. The maximum Gasteiger partial charge on any atom is 0.0754 e. The van der Waals surface area contributed by atoms with Crippen LogP contribution in [0.4, 0.5) is 0 Å². The Labute approximate surface area is 68.4 Å². The summed E-state index contributed by atoms with van der Waals surface area (Å²) in [5, 5.41) is 9.54. The normalized spacial score (nSPS) is 33.3. The van der Waals surface area contributed by atoms with Gasteiger partial charge in [-0.05, 0) is 24.7 Å². The first kappa shape index (κ1) is 8.54. The molecule has 62 valence electrons. The van der Waals surface area contributed by atoms with Gasteiger partial charge in [0.1, 0.15) is 0 Å². The zero-order valence-electron chi connectivity index (χ0n) is 7.03. The standard InChI is InChI=1S/C10H16O/c1-3-8(2)9-6-4-5-7-10(9)11/h3,5,7-11H,1,4,6H2,2H3. The summed E-state index contributed by atoms with van der Waals surface area (Å²) in [6, 6.07) is 0. The molecular weight excluding hydrogens is 136 g/mol. The van der Waals surface area contributed by atoms with Gasteiger partial charge in [-0.15, -0.1) is 6.58 Å². The van der Waals surface area contributed by atoms with Gasteiger partial charge in [0.2, 0.25) is 0 Å². The van der Waals surface area contributed by atoms with Crippen LogP contribution in [-0.4, -0.2) is 11.2 Å². The molecule has 0 heterocycles. The quantitative estimate of drug-likeness (QED) is 0.601. The van der Waals surface area contributed by atoms with E-state index in [0.29, 0.717) is 11.8 Å². The van der Waals surface area contributed by atoms with Crippen molar-refractivity contribution in [2.75, 3.05) is 0 Å². The number of aliphatic hydroxyl groups is 1. The van der Waals surface area contributed by atoms with Crippen LogP contribution in [0.2, 0.25) is 0 Å². The van der Waals surface area contributed by atoms with Crippen LogP contribution in [0, 0.1) is 11.8 Å². The summed E-state index contributed by atoms with van der Waals surface area (Å²) in [5.74, 6) is 0.812. The predicted octanol–water partition coefficient (Wildman–Crippen LogP) is 2.14. The van der Waals surface area contributed by atoms with Gasteiger partial charge in [-0.25, -0.2) is 0 Å². The fourth-order valence-electron chi connectivity index (χ4n) is 1.59. The highest BCUT2D eigenvalue weighted by atomic mass is 16.3. The van der Waals surface area contributed by atoms with Crippen molar-refractivity contribution in [3.63, 3.8) is 0 Å². The van der Waals surface area contributed by atoms with E-state index >= 15 is 0 Å². The Morgan fingerprint density at radius 3 is 3.00 bits per heavy atom. The molecule has 1 heteroatoms. The van der Waals surface area contributed by atoms with E-state index < -0.39 is 0 Å². The summed E-state index contributed by atoms with van der Waals surface area (Å²) in [6.45, 7) is 5.85. The summed E-state index contributed by atoms with van der Waals surface area (Å²) in [4.78, 5) is 0. The molecule has 0 aromatic rings. The number of hydrogen-bond donors (Lipinski definition) is 1. The monoisotopic (exact) mass is 152 g/mol. The van der Waals surface area contributed by atoms with Crippen molar-refractivity contribution in [2.45, 2.75) is 25.9 Å². The van der Waals surface area contributed by atoms with Crippen molar-refractivity contribution >= 4 is 0 Å². The summed E-state index contributed by atoms with van der Waals surface area (Å²) < 4.78 is 0. The van der Waals surface area contributed by atoms with Gasteiger partial charge in [0.15, 0.2) is 0 Å². The van der Waals surface area contributed by atoms with Gasteiger partial charge in [0.25, 0.3) is 0 Å². The van der Waals surface area contributed by atoms with Crippen molar-refractivity contribution in [1.29, 1.82) is 0 Å². The minimum Gasteiger partial charge on any atom is -0.389 e. The average Bonchev–Trinajstić information content (AvgIpc) is 2.04. The van der Waals surface area contributed by atoms with Gasteiger partial charge >= 0.3 is 0 Å². The predicted molar refractivity (Wildman–Crippen MR) is 47.2 cm³/mol. The van der Waals surface area contributed by atoms with Gasteiger partial charge in [-0.2, -0.15) is 0 Å². The lowest BCUT2D eigenvalue weighted by atomic mass is 9.82. The molecule has 1 rings (SSSR count). The van der Waals surface area contributed by atoms with Crippen LogP contribution in [-0.2, 0) is 0 Å². The van der Waals surface area contributed by atoms with Crippen molar-refractivity contribution in [3.05, 3.63) is 24.8 Å². The molecule has 0 fully saturated rings. The fraction of sp³-hybridized carbons (Fsp3) is 0.600. The second-order valence-corrected chi connectivity index (χ2v) is 3.25. The lowest BCUT2D eigenvalue weighted by Gasteiger charge is -2.27. The number of allylic oxidation sites excluding steroid dienone is 2. The molecule has 0 spiro atoms. The van der Waals surface area contributed by atoms with Crippen molar-refractivity contribution in [1.82, 2.24) is 0 Å². The van der Waals surface area contributed by atoms with Crippen LogP contribution < -0.4 is 0 Å². The van der Waals surface area contributed by atoms with E-state index in [1.54, 1.807) is 0 Å². The Bertz CT molecular complexity index is 160. The van der Waals surface area contributed by atoms with Crippen LogP contribution in [0.15, 0.2) is 24.8 Å². The lowest BCUT2D eigenvalue weighted by molar-refractivity contribution is 0.118. The first-order chi connectivity index (χ1) is 5.25. The molecule has 0 aromatic carbocycles. The summed E-state index contributed by atoms with van der Waals surface area (Å²) in [6.07, 6.45) is 7.81. The molecule has 0 aromatic heterocycles. The molecule has 11 heavy (non-hydrogen) atoms. The van der Waals surface area contributed by atoms with Gasteiger partial charge in [-0.3, -0.25) is 0 Å². The van der Waals surface area contributed by atoms with Crippen LogP contribution >= 0.6 is 0 Å². The van der Waals surface area contributed by atoms with Gasteiger partial charge in [0, 0.05) is 0 Å². The number of aliphatic hydroxyl groups excluding tert-OH is 1. The molecule has 1 N–H and O–H groups in total. The maximum absolute atomic E-state index is 9.54. The Hall–Kier alpha value is -0.560. The van der Waals surface area contributed by atoms with E-state index in [9.17, 15) is 5.11 Å². The number of hydrogen-bond acceptors (Lipinski definition) is 1. The highest BCUT2D eigenvalue weighted by Gasteiger charge is 2.22. The first-order valence-corrected chi connectivity index (χ1v) is 4.23. The largest absolute Gasteiger partial charge is 0.389 e. The van der Waals surface area contributed by atoms with E-state index in [-0.39, 0.29) is 6.10 Å². The zero-order chi connectivity index (χ0) is 8.27. The highest BCUT2D eigenvalue weighted by Crippen LogP contribution is 2.26. The molecule has 1 nitrogen and oxygen atoms in total. The Morgan fingerprint density at radius 2 is 2.45 bits per heavy atom. The molecule has 0 saturated carbocycles. The average molecular weight is 152 g/mol. The third-order valence-electron chi connectivity index (χ3n) is 2.49. The molecule has 0 radical (unpaired) electrons.